The van der Waals surface area contributed by atoms with Gasteiger partial charge in [0, 0.05) is 12.3 Å². The SMILES string of the molecule is O=[N+]([O-])c1ccc(-n2cc(Br)cn2)c([N+](=O)[O-])c1. The summed E-state index contributed by atoms with van der Waals surface area (Å²) in [6, 6.07) is 3.39. The minimum atomic E-state index is -0.685. The molecule has 0 aliphatic heterocycles. The number of rotatable bonds is 3. The summed E-state index contributed by atoms with van der Waals surface area (Å²) in [5, 5.41) is 25.4. The van der Waals surface area contributed by atoms with Gasteiger partial charge in [0.25, 0.3) is 5.69 Å². The van der Waals surface area contributed by atoms with Crippen molar-refractivity contribution in [3.63, 3.8) is 0 Å². The molecule has 0 radical (unpaired) electrons. The summed E-state index contributed by atoms with van der Waals surface area (Å²) < 4.78 is 1.92. The molecule has 0 amide bonds. The van der Waals surface area contributed by atoms with E-state index >= 15 is 0 Å². The van der Waals surface area contributed by atoms with Crippen LogP contribution in [0.15, 0.2) is 35.1 Å². The number of nitro benzene ring substituents is 2. The Morgan fingerprint density at radius 3 is 2.44 bits per heavy atom. The van der Waals surface area contributed by atoms with Crippen molar-refractivity contribution < 1.29 is 9.85 Å². The van der Waals surface area contributed by atoms with Crippen LogP contribution in [0.25, 0.3) is 5.69 Å². The Balaban J connectivity index is 2.60. The van der Waals surface area contributed by atoms with E-state index in [-0.39, 0.29) is 17.1 Å². The average molecular weight is 313 g/mol. The van der Waals surface area contributed by atoms with Crippen LogP contribution in [0.3, 0.4) is 0 Å². The van der Waals surface area contributed by atoms with Gasteiger partial charge in [0.2, 0.25) is 0 Å². The Bertz CT molecular complexity index is 639. The van der Waals surface area contributed by atoms with Gasteiger partial charge in [-0.25, -0.2) is 4.68 Å². The van der Waals surface area contributed by atoms with Gasteiger partial charge in [0.1, 0.15) is 5.69 Å². The Morgan fingerprint density at radius 2 is 1.94 bits per heavy atom. The molecular formula is C9H5BrN4O4. The first-order valence-electron chi connectivity index (χ1n) is 4.62. The second kappa shape index (κ2) is 4.53. The molecule has 1 aromatic carbocycles. The van der Waals surface area contributed by atoms with Gasteiger partial charge in [0.15, 0.2) is 0 Å². The third kappa shape index (κ3) is 2.20. The van der Waals surface area contributed by atoms with E-state index < -0.39 is 9.85 Å². The van der Waals surface area contributed by atoms with Gasteiger partial charge in [-0.1, -0.05) is 0 Å². The Morgan fingerprint density at radius 1 is 1.22 bits per heavy atom. The third-order valence-electron chi connectivity index (χ3n) is 2.16. The van der Waals surface area contributed by atoms with Gasteiger partial charge < -0.3 is 0 Å². The van der Waals surface area contributed by atoms with Crippen molar-refractivity contribution in [3.05, 3.63) is 55.3 Å². The van der Waals surface area contributed by atoms with Gasteiger partial charge in [-0.3, -0.25) is 20.2 Å². The molecule has 0 aliphatic rings. The van der Waals surface area contributed by atoms with Crippen LogP contribution in [-0.4, -0.2) is 19.6 Å². The largest absolute Gasteiger partial charge is 0.301 e. The van der Waals surface area contributed by atoms with Crippen LogP contribution in [0.5, 0.6) is 0 Å². The second-order valence-corrected chi connectivity index (χ2v) is 4.21. The highest BCUT2D eigenvalue weighted by Gasteiger charge is 2.21. The fourth-order valence-electron chi connectivity index (χ4n) is 1.40. The first kappa shape index (κ1) is 12.2. The van der Waals surface area contributed by atoms with Gasteiger partial charge in [-0.05, 0) is 22.0 Å². The number of hydrogen-bond donors (Lipinski definition) is 0. The van der Waals surface area contributed by atoms with Crippen molar-refractivity contribution in [1.82, 2.24) is 9.78 Å². The zero-order valence-electron chi connectivity index (χ0n) is 8.69. The summed E-state index contributed by atoms with van der Waals surface area (Å²) in [4.78, 5) is 20.1. The smallest absolute Gasteiger partial charge is 0.258 e. The number of nitrogens with zero attached hydrogens (tertiary/aromatic N) is 4. The topological polar surface area (TPSA) is 104 Å². The molecule has 8 nitrogen and oxygen atoms in total. The fraction of sp³-hybridized carbons (Fsp3) is 0. The molecule has 9 heteroatoms. The van der Waals surface area contributed by atoms with Crippen LogP contribution in [0, 0.1) is 20.2 Å². The van der Waals surface area contributed by atoms with Crippen LogP contribution in [-0.2, 0) is 0 Å². The number of halogens is 1. The van der Waals surface area contributed by atoms with Crippen LogP contribution >= 0.6 is 15.9 Å². The number of non-ortho nitro benzene ring substituents is 1. The van der Waals surface area contributed by atoms with Crippen molar-refractivity contribution in [2.24, 2.45) is 0 Å². The predicted molar refractivity (Wildman–Crippen MR) is 64.6 cm³/mol. The molecule has 0 bridgehead atoms. The standard InChI is InChI=1S/C9H5BrN4O4/c10-6-4-11-12(5-6)8-2-1-7(13(15)16)3-9(8)14(17)18/h1-5H. The number of nitro groups is 2. The maximum Gasteiger partial charge on any atom is 0.301 e. The zero-order valence-corrected chi connectivity index (χ0v) is 10.3. The molecule has 92 valence electrons. The summed E-state index contributed by atoms with van der Waals surface area (Å²) in [6.07, 6.45) is 2.99. The van der Waals surface area contributed by atoms with Crippen molar-refractivity contribution in [1.29, 1.82) is 0 Å². The average Bonchev–Trinajstić information content (AvgIpc) is 2.74. The Labute approximate surface area is 108 Å². The molecule has 1 aromatic heterocycles. The molecule has 2 rings (SSSR count). The monoisotopic (exact) mass is 312 g/mol. The van der Waals surface area contributed by atoms with E-state index in [2.05, 4.69) is 21.0 Å². The fourth-order valence-corrected chi connectivity index (χ4v) is 1.68. The van der Waals surface area contributed by atoms with E-state index in [1.54, 1.807) is 0 Å². The number of benzene rings is 1. The molecule has 0 spiro atoms. The lowest BCUT2D eigenvalue weighted by Gasteiger charge is -2.02. The van der Waals surface area contributed by atoms with Gasteiger partial charge in [-0.15, -0.1) is 0 Å². The highest BCUT2D eigenvalue weighted by Crippen LogP contribution is 2.27. The van der Waals surface area contributed by atoms with Gasteiger partial charge in [0.05, 0.1) is 26.6 Å². The van der Waals surface area contributed by atoms with Gasteiger partial charge >= 0.3 is 5.69 Å². The third-order valence-corrected chi connectivity index (χ3v) is 2.57. The first-order chi connectivity index (χ1) is 8.49. The van der Waals surface area contributed by atoms with Gasteiger partial charge in [-0.2, -0.15) is 5.10 Å². The molecule has 2 aromatic rings. The minimum Gasteiger partial charge on any atom is -0.258 e. The zero-order chi connectivity index (χ0) is 13.3. The first-order valence-corrected chi connectivity index (χ1v) is 5.41. The van der Waals surface area contributed by atoms with Crippen LogP contribution in [0.4, 0.5) is 11.4 Å². The lowest BCUT2D eigenvalue weighted by Crippen LogP contribution is -2.01. The van der Waals surface area contributed by atoms with Crippen molar-refractivity contribution in [2.45, 2.75) is 0 Å². The molecule has 0 atom stereocenters. The molecule has 18 heavy (non-hydrogen) atoms. The molecule has 0 saturated heterocycles. The maximum atomic E-state index is 10.9. The molecular weight excluding hydrogens is 308 g/mol. The maximum absolute atomic E-state index is 10.9. The van der Waals surface area contributed by atoms with E-state index in [1.807, 2.05) is 0 Å². The summed E-state index contributed by atoms with van der Waals surface area (Å²) >= 11 is 3.17. The predicted octanol–water partition coefficient (Wildman–Crippen LogP) is 2.45. The van der Waals surface area contributed by atoms with E-state index in [4.69, 9.17) is 0 Å². The highest BCUT2D eigenvalue weighted by atomic mass is 79.9. The number of aromatic nitrogens is 2. The van der Waals surface area contributed by atoms with Crippen LogP contribution in [0.2, 0.25) is 0 Å². The van der Waals surface area contributed by atoms with Crippen molar-refractivity contribution in [2.75, 3.05) is 0 Å². The molecule has 0 unspecified atom stereocenters. The molecule has 0 fully saturated rings. The van der Waals surface area contributed by atoms with E-state index in [0.29, 0.717) is 4.47 Å². The Kier molecular flexibility index (Phi) is 3.06. The van der Waals surface area contributed by atoms with Crippen LogP contribution in [0.1, 0.15) is 0 Å². The Hall–Kier alpha value is -2.29. The number of hydrogen-bond acceptors (Lipinski definition) is 5. The lowest BCUT2D eigenvalue weighted by molar-refractivity contribution is -0.394. The summed E-state index contributed by atoms with van der Waals surface area (Å²) in [7, 11) is 0. The molecule has 1 heterocycles. The molecule has 0 saturated carbocycles. The van der Waals surface area contributed by atoms with E-state index in [9.17, 15) is 20.2 Å². The summed E-state index contributed by atoms with van der Waals surface area (Å²) in [5.41, 5.74) is -0.548. The quantitative estimate of drug-likeness (QED) is 0.639. The summed E-state index contributed by atoms with van der Waals surface area (Å²) in [6.45, 7) is 0. The van der Waals surface area contributed by atoms with E-state index in [1.165, 1.54) is 29.2 Å². The minimum absolute atomic E-state index is 0.163. The highest BCUT2D eigenvalue weighted by molar-refractivity contribution is 9.10. The van der Waals surface area contributed by atoms with Crippen LogP contribution < -0.4 is 0 Å². The second-order valence-electron chi connectivity index (χ2n) is 3.29. The van der Waals surface area contributed by atoms with Crippen molar-refractivity contribution >= 4 is 27.3 Å². The summed E-state index contributed by atoms with van der Waals surface area (Å²) in [5.74, 6) is 0. The van der Waals surface area contributed by atoms with Crippen molar-refractivity contribution in [3.8, 4) is 5.69 Å². The lowest BCUT2D eigenvalue weighted by atomic mass is 10.2. The molecule has 0 aliphatic carbocycles. The molecule has 0 N–H and O–H groups in total. The normalized spacial score (nSPS) is 10.3. The van der Waals surface area contributed by atoms with E-state index in [0.717, 1.165) is 6.07 Å².